The van der Waals surface area contributed by atoms with Crippen LogP contribution in [0.4, 0.5) is 5.95 Å². The summed E-state index contributed by atoms with van der Waals surface area (Å²) >= 11 is 9.50. The third kappa shape index (κ3) is 4.46. The van der Waals surface area contributed by atoms with Crippen LogP contribution in [-0.2, 0) is 4.74 Å². The molecule has 0 aliphatic heterocycles. The summed E-state index contributed by atoms with van der Waals surface area (Å²) in [5.74, 6) is 0.832. The van der Waals surface area contributed by atoms with Crippen molar-refractivity contribution in [2.24, 2.45) is 0 Å². The Morgan fingerprint density at radius 1 is 1.43 bits per heavy atom. The van der Waals surface area contributed by atoms with Crippen LogP contribution in [0.2, 0.25) is 5.02 Å². The molecule has 1 heterocycles. The predicted octanol–water partition coefficient (Wildman–Crippen LogP) is 4.44. The van der Waals surface area contributed by atoms with Gasteiger partial charge in [0.25, 0.3) is 0 Å². The standard InChI is InChI=1S/C15H19BrClN3O/c1-3-21-8-4-7-18-15-19-11(2)10-20(15)12-5-6-14(17)13(16)9-12/h5-6,9-10H,3-4,7-8H2,1-2H3,(H,18,19). The average molecular weight is 373 g/mol. The van der Waals surface area contributed by atoms with Crippen molar-refractivity contribution >= 4 is 33.5 Å². The predicted molar refractivity (Wildman–Crippen MR) is 90.6 cm³/mol. The summed E-state index contributed by atoms with van der Waals surface area (Å²) in [5.41, 5.74) is 1.98. The molecule has 0 saturated heterocycles. The first-order chi connectivity index (χ1) is 10.1. The van der Waals surface area contributed by atoms with Crippen LogP contribution in [0.25, 0.3) is 5.69 Å². The Bertz CT molecular complexity index is 601. The highest BCUT2D eigenvalue weighted by Crippen LogP contribution is 2.26. The van der Waals surface area contributed by atoms with E-state index in [9.17, 15) is 0 Å². The molecule has 0 fully saturated rings. The molecule has 0 saturated carbocycles. The summed E-state index contributed by atoms with van der Waals surface area (Å²) < 4.78 is 8.23. The van der Waals surface area contributed by atoms with Crippen molar-refractivity contribution < 1.29 is 4.74 Å². The molecule has 4 nitrogen and oxygen atoms in total. The third-order valence-corrected chi connectivity index (χ3v) is 4.17. The number of imidazole rings is 1. The van der Waals surface area contributed by atoms with Crippen LogP contribution in [0.5, 0.6) is 0 Å². The Labute approximate surface area is 138 Å². The largest absolute Gasteiger partial charge is 0.382 e. The number of anilines is 1. The average Bonchev–Trinajstić information content (AvgIpc) is 2.83. The monoisotopic (exact) mass is 371 g/mol. The highest BCUT2D eigenvalue weighted by Gasteiger charge is 2.08. The first kappa shape index (κ1) is 16.3. The molecule has 1 aromatic heterocycles. The molecule has 0 atom stereocenters. The molecule has 2 aromatic rings. The maximum atomic E-state index is 6.04. The fourth-order valence-corrected chi connectivity index (χ4v) is 2.46. The Morgan fingerprint density at radius 3 is 2.95 bits per heavy atom. The van der Waals surface area contributed by atoms with E-state index in [0.717, 1.165) is 48.0 Å². The smallest absolute Gasteiger partial charge is 0.207 e. The van der Waals surface area contributed by atoms with Gasteiger partial charge in [-0.15, -0.1) is 0 Å². The van der Waals surface area contributed by atoms with Gasteiger partial charge >= 0.3 is 0 Å². The van der Waals surface area contributed by atoms with Gasteiger partial charge < -0.3 is 10.1 Å². The van der Waals surface area contributed by atoms with Crippen molar-refractivity contribution in [3.63, 3.8) is 0 Å². The summed E-state index contributed by atoms with van der Waals surface area (Å²) in [6.07, 6.45) is 2.95. The van der Waals surface area contributed by atoms with Gasteiger partial charge in [0, 0.05) is 36.1 Å². The van der Waals surface area contributed by atoms with Crippen LogP contribution in [-0.4, -0.2) is 29.3 Å². The van der Waals surface area contributed by atoms with E-state index in [1.807, 2.05) is 42.8 Å². The highest BCUT2D eigenvalue weighted by molar-refractivity contribution is 9.10. The number of nitrogens with one attached hydrogen (secondary N) is 1. The third-order valence-electron chi connectivity index (χ3n) is 2.96. The van der Waals surface area contributed by atoms with Gasteiger partial charge in [-0.1, -0.05) is 11.6 Å². The maximum absolute atomic E-state index is 6.04. The van der Waals surface area contributed by atoms with E-state index in [4.69, 9.17) is 16.3 Å². The Kier molecular flexibility index (Phi) is 6.08. The van der Waals surface area contributed by atoms with Gasteiger partial charge in [0.2, 0.25) is 5.95 Å². The van der Waals surface area contributed by atoms with E-state index >= 15 is 0 Å². The van der Waals surface area contributed by atoms with E-state index in [1.54, 1.807) is 0 Å². The normalized spacial score (nSPS) is 10.9. The lowest BCUT2D eigenvalue weighted by Crippen LogP contribution is -2.10. The molecule has 0 bridgehead atoms. The van der Waals surface area contributed by atoms with Gasteiger partial charge in [-0.2, -0.15) is 0 Å². The quantitative estimate of drug-likeness (QED) is 0.731. The first-order valence-electron chi connectivity index (χ1n) is 6.95. The minimum atomic E-state index is 0.696. The van der Waals surface area contributed by atoms with Crippen molar-refractivity contribution in [3.05, 3.63) is 39.6 Å². The first-order valence-corrected chi connectivity index (χ1v) is 8.12. The molecule has 0 unspecified atom stereocenters. The number of benzene rings is 1. The van der Waals surface area contributed by atoms with Gasteiger partial charge in [-0.25, -0.2) is 4.98 Å². The molecule has 0 amide bonds. The Balaban J connectivity index is 2.10. The molecule has 1 N–H and O–H groups in total. The van der Waals surface area contributed by atoms with Gasteiger partial charge in [0.05, 0.1) is 10.7 Å². The van der Waals surface area contributed by atoms with E-state index < -0.39 is 0 Å². The maximum Gasteiger partial charge on any atom is 0.207 e. The number of ether oxygens (including phenoxy) is 1. The summed E-state index contributed by atoms with van der Waals surface area (Å²) in [6, 6.07) is 5.82. The molecule has 2 rings (SSSR count). The lowest BCUT2D eigenvalue weighted by molar-refractivity contribution is 0.147. The second-order valence-corrected chi connectivity index (χ2v) is 5.91. The minimum absolute atomic E-state index is 0.696. The second kappa shape index (κ2) is 7.82. The number of halogens is 2. The zero-order chi connectivity index (χ0) is 15.2. The Morgan fingerprint density at radius 2 is 2.24 bits per heavy atom. The zero-order valence-electron chi connectivity index (χ0n) is 12.2. The molecule has 1 aromatic carbocycles. The summed E-state index contributed by atoms with van der Waals surface area (Å²) in [5, 5.41) is 4.05. The van der Waals surface area contributed by atoms with Gasteiger partial charge in [-0.05, 0) is 54.4 Å². The van der Waals surface area contributed by atoms with Crippen LogP contribution in [0.15, 0.2) is 28.9 Å². The van der Waals surface area contributed by atoms with Gasteiger partial charge in [0.15, 0.2) is 0 Å². The number of hydrogen-bond donors (Lipinski definition) is 1. The number of hydrogen-bond acceptors (Lipinski definition) is 3. The highest BCUT2D eigenvalue weighted by atomic mass is 79.9. The van der Waals surface area contributed by atoms with Crippen LogP contribution >= 0.6 is 27.5 Å². The number of rotatable bonds is 7. The van der Waals surface area contributed by atoms with Gasteiger partial charge in [0.1, 0.15) is 0 Å². The minimum Gasteiger partial charge on any atom is -0.382 e. The van der Waals surface area contributed by atoms with Gasteiger partial charge in [-0.3, -0.25) is 4.57 Å². The lowest BCUT2D eigenvalue weighted by Gasteiger charge is -2.10. The van der Waals surface area contributed by atoms with E-state index in [0.29, 0.717) is 5.02 Å². The molecule has 0 aliphatic carbocycles. The SMILES string of the molecule is CCOCCCNc1nc(C)cn1-c1ccc(Cl)c(Br)c1. The number of aryl methyl sites for hydroxylation is 1. The summed E-state index contributed by atoms with van der Waals surface area (Å²) in [4.78, 5) is 4.52. The van der Waals surface area contributed by atoms with Crippen LogP contribution < -0.4 is 5.32 Å². The Hall–Kier alpha value is -1.04. The van der Waals surface area contributed by atoms with E-state index in [-0.39, 0.29) is 0 Å². The molecule has 114 valence electrons. The van der Waals surface area contributed by atoms with Crippen molar-refractivity contribution in [2.45, 2.75) is 20.3 Å². The van der Waals surface area contributed by atoms with Crippen molar-refractivity contribution in [3.8, 4) is 5.69 Å². The fourth-order valence-electron chi connectivity index (χ4n) is 1.97. The molecular weight excluding hydrogens is 354 g/mol. The van der Waals surface area contributed by atoms with Crippen molar-refractivity contribution in [1.82, 2.24) is 9.55 Å². The topological polar surface area (TPSA) is 39.1 Å². The van der Waals surface area contributed by atoms with E-state index in [2.05, 4.69) is 26.2 Å². The second-order valence-electron chi connectivity index (χ2n) is 4.65. The molecule has 6 heteroatoms. The zero-order valence-corrected chi connectivity index (χ0v) is 14.5. The fraction of sp³-hybridized carbons (Fsp3) is 0.400. The van der Waals surface area contributed by atoms with Crippen LogP contribution in [0.1, 0.15) is 19.0 Å². The molecular formula is C15H19BrClN3O. The summed E-state index contributed by atoms with van der Waals surface area (Å²) in [7, 11) is 0. The van der Waals surface area contributed by atoms with Crippen molar-refractivity contribution in [1.29, 1.82) is 0 Å². The molecule has 0 spiro atoms. The number of nitrogens with zero attached hydrogens (tertiary/aromatic N) is 2. The molecule has 0 radical (unpaired) electrons. The molecule has 0 aliphatic rings. The lowest BCUT2D eigenvalue weighted by atomic mass is 10.3. The van der Waals surface area contributed by atoms with Crippen molar-refractivity contribution in [2.75, 3.05) is 25.1 Å². The van der Waals surface area contributed by atoms with E-state index in [1.165, 1.54) is 0 Å². The van der Waals surface area contributed by atoms with Crippen LogP contribution in [0.3, 0.4) is 0 Å². The summed E-state index contributed by atoms with van der Waals surface area (Å²) in [6.45, 7) is 6.32. The van der Waals surface area contributed by atoms with Crippen LogP contribution in [0, 0.1) is 6.92 Å². The molecule has 21 heavy (non-hydrogen) atoms. The number of aromatic nitrogens is 2.